The maximum absolute atomic E-state index is 13.4. The summed E-state index contributed by atoms with van der Waals surface area (Å²) in [5, 5.41) is 3.72. The van der Waals surface area contributed by atoms with Gasteiger partial charge >= 0.3 is 5.97 Å². The second kappa shape index (κ2) is 9.52. The van der Waals surface area contributed by atoms with Crippen molar-refractivity contribution >= 4 is 49.8 Å². The van der Waals surface area contributed by atoms with Crippen LogP contribution >= 0.6 is 22.7 Å². The summed E-state index contributed by atoms with van der Waals surface area (Å²) in [7, 11) is 0. The fourth-order valence-corrected chi connectivity index (χ4v) is 5.87. The molecule has 0 aliphatic heterocycles. The Bertz CT molecular complexity index is 1460. The summed E-state index contributed by atoms with van der Waals surface area (Å²) in [6, 6.07) is 8.00. The van der Waals surface area contributed by atoms with Crippen LogP contribution in [-0.4, -0.2) is 28.0 Å². The predicted octanol–water partition coefficient (Wildman–Crippen LogP) is 5.24. The molecular formula is C25H25N3O4S2. The first-order valence-electron chi connectivity index (χ1n) is 10.8. The van der Waals surface area contributed by atoms with Crippen molar-refractivity contribution in [1.29, 1.82) is 0 Å². The van der Waals surface area contributed by atoms with Crippen LogP contribution in [0.2, 0.25) is 0 Å². The third kappa shape index (κ3) is 4.41. The molecule has 0 fully saturated rings. The van der Waals surface area contributed by atoms with Gasteiger partial charge in [-0.2, -0.15) is 0 Å². The molecule has 0 aliphatic carbocycles. The molecule has 34 heavy (non-hydrogen) atoms. The van der Waals surface area contributed by atoms with E-state index in [4.69, 9.17) is 4.74 Å². The number of ether oxygens (including phenoxy) is 1. The van der Waals surface area contributed by atoms with E-state index in [0.29, 0.717) is 20.8 Å². The van der Waals surface area contributed by atoms with Gasteiger partial charge in [0.1, 0.15) is 16.4 Å². The minimum Gasteiger partial charge on any atom is -0.462 e. The zero-order chi connectivity index (χ0) is 24.6. The Balaban J connectivity index is 1.67. The number of nitrogens with zero attached hydrogens (tertiary/aromatic N) is 2. The van der Waals surface area contributed by atoms with Crippen LogP contribution in [0.3, 0.4) is 0 Å². The average molecular weight is 496 g/mol. The van der Waals surface area contributed by atoms with Crippen molar-refractivity contribution in [1.82, 2.24) is 9.55 Å². The van der Waals surface area contributed by atoms with E-state index < -0.39 is 11.9 Å². The molecule has 3 aromatic heterocycles. The first-order valence-corrected chi connectivity index (χ1v) is 12.5. The van der Waals surface area contributed by atoms with Crippen molar-refractivity contribution in [3.63, 3.8) is 0 Å². The van der Waals surface area contributed by atoms with Crippen molar-refractivity contribution in [3.05, 3.63) is 67.4 Å². The van der Waals surface area contributed by atoms with Gasteiger partial charge in [-0.25, -0.2) is 9.78 Å². The average Bonchev–Trinajstić information content (AvgIpc) is 3.26. The van der Waals surface area contributed by atoms with Gasteiger partial charge in [0.05, 0.1) is 23.9 Å². The first kappa shape index (κ1) is 23.8. The number of esters is 1. The number of thiophene rings is 2. The van der Waals surface area contributed by atoms with Gasteiger partial charge in [-0.15, -0.1) is 22.7 Å². The third-order valence-electron chi connectivity index (χ3n) is 5.63. The fraction of sp³-hybridized carbons (Fsp3) is 0.280. The minimum atomic E-state index is -0.476. The van der Waals surface area contributed by atoms with E-state index in [1.165, 1.54) is 33.6 Å². The number of carbonyl (C=O) groups is 2. The monoisotopic (exact) mass is 495 g/mol. The molecule has 0 bridgehead atoms. The summed E-state index contributed by atoms with van der Waals surface area (Å²) in [5.74, 6) is -0.893. The summed E-state index contributed by atoms with van der Waals surface area (Å²) in [4.78, 5) is 45.7. The summed E-state index contributed by atoms with van der Waals surface area (Å²) < 4.78 is 6.45. The quantitative estimate of drug-likeness (QED) is 0.370. The van der Waals surface area contributed by atoms with Crippen LogP contribution < -0.4 is 10.9 Å². The second-order valence-electron chi connectivity index (χ2n) is 8.01. The van der Waals surface area contributed by atoms with Gasteiger partial charge < -0.3 is 10.1 Å². The number of benzene rings is 1. The smallest absolute Gasteiger partial charge is 0.341 e. The molecule has 1 amide bonds. The van der Waals surface area contributed by atoms with E-state index in [2.05, 4.69) is 10.3 Å². The SMILES string of the molecule is CCOC(=O)c1c(NC(=O)Cn2cnc3sc(C)c(-c4ccc(C)cc4)c3c2=O)sc(C)c1C. The van der Waals surface area contributed by atoms with E-state index in [1.807, 2.05) is 52.0 Å². The number of hydrogen-bond acceptors (Lipinski definition) is 7. The number of hydrogen-bond donors (Lipinski definition) is 1. The van der Waals surface area contributed by atoms with Gasteiger partial charge in [0, 0.05) is 15.3 Å². The molecule has 4 aromatic rings. The molecular weight excluding hydrogens is 470 g/mol. The summed E-state index contributed by atoms with van der Waals surface area (Å²) in [6.07, 6.45) is 1.40. The molecule has 1 aromatic carbocycles. The molecule has 0 spiro atoms. The highest BCUT2D eigenvalue weighted by atomic mass is 32.1. The van der Waals surface area contributed by atoms with Crippen molar-refractivity contribution in [2.45, 2.75) is 41.2 Å². The Morgan fingerprint density at radius 3 is 2.44 bits per heavy atom. The molecule has 0 saturated carbocycles. The second-order valence-corrected chi connectivity index (χ2v) is 10.4. The number of anilines is 1. The number of fused-ring (bicyclic) bond motifs is 1. The third-order valence-corrected chi connectivity index (χ3v) is 7.76. The predicted molar refractivity (Wildman–Crippen MR) is 137 cm³/mol. The standard InChI is InChI=1S/C25H25N3O4S2/c1-6-32-25(31)19-14(3)15(4)33-23(19)27-18(29)11-28-12-26-22-21(24(28)30)20(16(5)34-22)17-9-7-13(2)8-10-17/h7-10,12H,6,11H2,1-5H3,(H,27,29). The van der Waals surface area contributed by atoms with Gasteiger partial charge in [-0.3, -0.25) is 14.2 Å². The lowest BCUT2D eigenvalue weighted by molar-refractivity contribution is -0.116. The van der Waals surface area contributed by atoms with Gasteiger partial charge in [-0.1, -0.05) is 29.8 Å². The highest BCUT2D eigenvalue weighted by Gasteiger charge is 2.23. The number of amides is 1. The lowest BCUT2D eigenvalue weighted by Crippen LogP contribution is -2.28. The summed E-state index contributed by atoms with van der Waals surface area (Å²) >= 11 is 2.77. The molecule has 0 atom stereocenters. The van der Waals surface area contributed by atoms with Gasteiger partial charge in [-0.05, 0) is 45.7 Å². The Morgan fingerprint density at radius 2 is 1.76 bits per heavy atom. The van der Waals surface area contributed by atoms with E-state index in [0.717, 1.165) is 32.0 Å². The van der Waals surface area contributed by atoms with E-state index in [1.54, 1.807) is 6.92 Å². The zero-order valence-corrected chi connectivity index (χ0v) is 21.3. The molecule has 0 saturated heterocycles. The molecule has 0 radical (unpaired) electrons. The van der Waals surface area contributed by atoms with E-state index in [9.17, 15) is 14.4 Å². The normalized spacial score (nSPS) is 11.1. The molecule has 3 heterocycles. The van der Waals surface area contributed by atoms with Crippen molar-refractivity contribution < 1.29 is 14.3 Å². The van der Waals surface area contributed by atoms with Crippen LogP contribution in [0.5, 0.6) is 0 Å². The van der Waals surface area contributed by atoms with E-state index >= 15 is 0 Å². The number of carbonyl (C=O) groups excluding carboxylic acids is 2. The van der Waals surface area contributed by atoms with Crippen LogP contribution in [0, 0.1) is 27.7 Å². The van der Waals surface area contributed by atoms with Crippen molar-refractivity contribution in [2.24, 2.45) is 0 Å². The van der Waals surface area contributed by atoms with Crippen LogP contribution in [0.4, 0.5) is 5.00 Å². The molecule has 9 heteroatoms. The summed E-state index contributed by atoms with van der Waals surface area (Å²) in [5.41, 5.74) is 3.78. The zero-order valence-electron chi connectivity index (χ0n) is 19.6. The first-order chi connectivity index (χ1) is 16.2. The Kier molecular flexibility index (Phi) is 6.67. The lowest BCUT2D eigenvalue weighted by Gasteiger charge is -2.09. The number of aryl methyl sites for hydroxylation is 3. The lowest BCUT2D eigenvalue weighted by atomic mass is 10.0. The Morgan fingerprint density at radius 1 is 1.06 bits per heavy atom. The Labute approximate surface area is 205 Å². The maximum Gasteiger partial charge on any atom is 0.341 e. The molecule has 4 rings (SSSR count). The van der Waals surface area contributed by atoms with Crippen LogP contribution in [0.1, 0.15) is 38.2 Å². The molecule has 0 unspecified atom stereocenters. The highest BCUT2D eigenvalue weighted by molar-refractivity contribution is 7.19. The van der Waals surface area contributed by atoms with Gasteiger partial charge in [0.25, 0.3) is 5.56 Å². The van der Waals surface area contributed by atoms with Crippen LogP contribution in [0.15, 0.2) is 35.4 Å². The molecule has 0 aliphatic rings. The molecule has 1 N–H and O–H groups in total. The maximum atomic E-state index is 13.4. The number of nitrogens with one attached hydrogen (secondary N) is 1. The van der Waals surface area contributed by atoms with Crippen LogP contribution in [-0.2, 0) is 16.1 Å². The van der Waals surface area contributed by atoms with E-state index in [-0.39, 0.29) is 18.7 Å². The topological polar surface area (TPSA) is 90.3 Å². The largest absolute Gasteiger partial charge is 0.462 e. The highest BCUT2D eigenvalue weighted by Crippen LogP contribution is 2.36. The van der Waals surface area contributed by atoms with Crippen molar-refractivity contribution in [3.8, 4) is 11.1 Å². The Hall–Kier alpha value is -3.30. The van der Waals surface area contributed by atoms with Crippen LogP contribution in [0.25, 0.3) is 21.3 Å². The van der Waals surface area contributed by atoms with Crippen molar-refractivity contribution in [2.75, 3.05) is 11.9 Å². The number of aromatic nitrogens is 2. The molecule has 176 valence electrons. The fourth-order valence-electron chi connectivity index (χ4n) is 3.80. The molecule has 7 nitrogen and oxygen atoms in total. The number of rotatable bonds is 6. The van der Waals surface area contributed by atoms with Gasteiger partial charge in [0.15, 0.2) is 0 Å². The summed E-state index contributed by atoms with van der Waals surface area (Å²) in [6.45, 7) is 9.44. The van der Waals surface area contributed by atoms with Gasteiger partial charge in [0.2, 0.25) is 5.91 Å². The minimum absolute atomic E-state index is 0.220.